The average molecular weight is 490 g/mol. The van der Waals surface area contributed by atoms with Crippen LogP contribution in [0, 0.1) is 6.92 Å². The van der Waals surface area contributed by atoms with E-state index in [2.05, 4.69) is 63.5 Å². The predicted octanol–water partition coefficient (Wildman–Crippen LogP) is 6.43. The number of anilines is 1. The maximum atomic E-state index is 13.4. The number of methoxy groups -OCH3 is 1. The number of rotatable bonds is 3. The van der Waals surface area contributed by atoms with Gasteiger partial charge in [0.15, 0.2) is 0 Å². The molecule has 0 spiro atoms. The van der Waals surface area contributed by atoms with Crippen LogP contribution in [-0.2, 0) is 6.42 Å². The van der Waals surface area contributed by atoms with Crippen molar-refractivity contribution < 1.29 is 9.53 Å². The number of carbonyl (C=O) groups excluding carboxylic acids is 1. The molecular weight excluding hydrogens is 466 g/mol. The summed E-state index contributed by atoms with van der Waals surface area (Å²) in [6.45, 7) is 2.70. The predicted molar refractivity (Wildman–Crippen MR) is 131 cm³/mol. The first kappa shape index (κ1) is 20.6. The van der Waals surface area contributed by atoms with Gasteiger partial charge in [-0.05, 0) is 66.9 Å². The molecule has 0 fully saturated rings. The summed E-state index contributed by atoms with van der Waals surface area (Å²) in [5, 5.41) is 4.22. The monoisotopic (exact) mass is 489 g/mol. The molecule has 0 saturated heterocycles. The smallest absolute Gasteiger partial charge is 0.322 e. The van der Waals surface area contributed by atoms with E-state index in [9.17, 15) is 4.79 Å². The Bertz CT molecular complexity index is 1280. The molecule has 4 aromatic rings. The van der Waals surface area contributed by atoms with Crippen LogP contribution in [0.4, 0.5) is 10.5 Å². The molecule has 2 amide bonds. The molecule has 2 heterocycles. The molecule has 3 aromatic carbocycles. The zero-order valence-electron chi connectivity index (χ0n) is 18.0. The molecule has 0 aliphatic carbocycles. The van der Waals surface area contributed by atoms with Crippen molar-refractivity contribution in [2.75, 3.05) is 19.0 Å². The molecule has 5 rings (SSSR count). The van der Waals surface area contributed by atoms with Gasteiger partial charge in [-0.2, -0.15) is 0 Å². The summed E-state index contributed by atoms with van der Waals surface area (Å²) in [5.41, 5.74) is 6.42. The fourth-order valence-corrected chi connectivity index (χ4v) is 4.70. The first-order valence-corrected chi connectivity index (χ1v) is 11.4. The minimum Gasteiger partial charge on any atom is -0.497 e. The van der Waals surface area contributed by atoms with E-state index in [0.29, 0.717) is 6.54 Å². The number of carbonyl (C=O) groups is 1. The number of fused-ring (bicyclic) bond motifs is 3. The van der Waals surface area contributed by atoms with Crippen molar-refractivity contribution >= 4 is 38.6 Å². The summed E-state index contributed by atoms with van der Waals surface area (Å²) >= 11 is 3.44. The lowest BCUT2D eigenvalue weighted by molar-refractivity contribution is 0.193. The van der Waals surface area contributed by atoms with Crippen LogP contribution in [0.2, 0.25) is 0 Å². The maximum Gasteiger partial charge on any atom is 0.322 e. The Labute approximate surface area is 195 Å². The highest BCUT2D eigenvalue weighted by Gasteiger charge is 2.34. The van der Waals surface area contributed by atoms with Gasteiger partial charge in [0.05, 0.1) is 13.2 Å². The molecule has 1 atom stereocenters. The number of hydrogen-bond donors (Lipinski definition) is 2. The van der Waals surface area contributed by atoms with Gasteiger partial charge < -0.3 is 19.9 Å². The Hall–Kier alpha value is -3.25. The van der Waals surface area contributed by atoms with Crippen molar-refractivity contribution in [1.29, 1.82) is 0 Å². The van der Waals surface area contributed by atoms with E-state index in [1.807, 2.05) is 41.3 Å². The van der Waals surface area contributed by atoms with Gasteiger partial charge in [0, 0.05) is 33.3 Å². The summed E-state index contributed by atoms with van der Waals surface area (Å²) in [6.07, 6.45) is 0.776. The van der Waals surface area contributed by atoms with Gasteiger partial charge in [0.25, 0.3) is 0 Å². The molecule has 32 heavy (non-hydrogen) atoms. The van der Waals surface area contributed by atoms with Gasteiger partial charge in [-0.15, -0.1) is 0 Å². The fraction of sp³-hybridized carbons (Fsp3) is 0.192. The number of ether oxygens (including phenoxy) is 1. The standard InChI is InChI=1S/C26H24BrN3O2/c1-16-3-5-17(6-4-16)25-24-21(22-15-20(32-2)11-12-23(22)29-24)13-14-30(25)26(31)28-19-9-7-18(27)8-10-19/h3-12,15,25,29H,13-14H2,1-2H3,(H,28,31)/t25-/m1/s1. The van der Waals surface area contributed by atoms with Crippen LogP contribution in [0.5, 0.6) is 5.75 Å². The van der Waals surface area contributed by atoms with E-state index in [4.69, 9.17) is 4.74 Å². The summed E-state index contributed by atoms with van der Waals surface area (Å²) in [7, 11) is 1.68. The van der Waals surface area contributed by atoms with E-state index in [-0.39, 0.29) is 12.1 Å². The SMILES string of the molecule is COc1ccc2[nH]c3c(c2c1)CCN(C(=O)Nc1ccc(Br)cc1)[C@@H]3c1ccc(C)cc1. The highest BCUT2D eigenvalue weighted by atomic mass is 79.9. The molecular formula is C26H24BrN3O2. The van der Waals surface area contributed by atoms with Gasteiger partial charge in [0.1, 0.15) is 5.75 Å². The topological polar surface area (TPSA) is 57.4 Å². The minimum absolute atomic E-state index is 0.111. The van der Waals surface area contributed by atoms with Crippen molar-refractivity contribution in [2.45, 2.75) is 19.4 Å². The van der Waals surface area contributed by atoms with Gasteiger partial charge >= 0.3 is 6.03 Å². The third kappa shape index (κ3) is 3.75. The summed E-state index contributed by atoms with van der Waals surface area (Å²) < 4.78 is 6.43. The fourth-order valence-electron chi connectivity index (χ4n) is 4.44. The van der Waals surface area contributed by atoms with Gasteiger partial charge in [0.2, 0.25) is 0 Å². The van der Waals surface area contributed by atoms with Crippen LogP contribution in [0.25, 0.3) is 10.9 Å². The quantitative estimate of drug-likeness (QED) is 0.348. The number of nitrogens with zero attached hydrogens (tertiary/aromatic N) is 1. The molecule has 5 nitrogen and oxygen atoms in total. The molecule has 0 radical (unpaired) electrons. The number of benzene rings is 3. The number of hydrogen-bond acceptors (Lipinski definition) is 2. The Morgan fingerprint density at radius 3 is 2.56 bits per heavy atom. The first-order chi connectivity index (χ1) is 15.5. The number of aryl methyl sites for hydroxylation is 1. The van der Waals surface area contributed by atoms with Crippen LogP contribution in [0.15, 0.2) is 71.2 Å². The Kier molecular flexibility index (Phi) is 5.39. The minimum atomic E-state index is -0.201. The number of urea groups is 1. The van der Waals surface area contributed by atoms with Crippen LogP contribution in [-0.4, -0.2) is 29.6 Å². The maximum absolute atomic E-state index is 13.4. The number of halogens is 1. The molecule has 1 aromatic heterocycles. The van der Waals surface area contributed by atoms with Crippen molar-refractivity contribution in [2.24, 2.45) is 0 Å². The van der Waals surface area contributed by atoms with E-state index in [0.717, 1.165) is 44.5 Å². The summed E-state index contributed by atoms with van der Waals surface area (Å²) in [5.74, 6) is 0.835. The molecule has 162 valence electrons. The third-order valence-corrected chi connectivity index (χ3v) is 6.61. The summed E-state index contributed by atoms with van der Waals surface area (Å²) in [6, 6.07) is 21.8. The molecule has 2 N–H and O–H groups in total. The van der Waals surface area contributed by atoms with E-state index < -0.39 is 0 Å². The van der Waals surface area contributed by atoms with Crippen LogP contribution in [0.1, 0.15) is 28.4 Å². The number of amides is 2. The zero-order valence-corrected chi connectivity index (χ0v) is 19.6. The molecule has 0 unspecified atom stereocenters. The Balaban J connectivity index is 1.57. The number of nitrogens with one attached hydrogen (secondary N) is 2. The second kappa shape index (κ2) is 8.36. The lowest BCUT2D eigenvalue weighted by Crippen LogP contribution is -2.43. The van der Waals surface area contributed by atoms with Crippen LogP contribution in [0.3, 0.4) is 0 Å². The lowest BCUT2D eigenvalue weighted by atomic mass is 9.92. The second-order valence-electron chi connectivity index (χ2n) is 8.12. The molecule has 1 aliphatic heterocycles. The van der Waals surface area contributed by atoms with Crippen LogP contribution < -0.4 is 10.1 Å². The number of aromatic nitrogens is 1. The Morgan fingerprint density at radius 2 is 1.84 bits per heavy atom. The van der Waals surface area contributed by atoms with Crippen molar-refractivity contribution in [1.82, 2.24) is 9.88 Å². The highest BCUT2D eigenvalue weighted by Crippen LogP contribution is 2.39. The van der Waals surface area contributed by atoms with Crippen molar-refractivity contribution in [3.8, 4) is 5.75 Å². The number of aromatic amines is 1. The van der Waals surface area contributed by atoms with E-state index >= 15 is 0 Å². The average Bonchev–Trinajstić information content (AvgIpc) is 3.18. The summed E-state index contributed by atoms with van der Waals surface area (Å²) in [4.78, 5) is 18.9. The first-order valence-electron chi connectivity index (χ1n) is 10.6. The number of H-pyrrole nitrogens is 1. The van der Waals surface area contributed by atoms with Gasteiger partial charge in [-0.3, -0.25) is 0 Å². The molecule has 0 bridgehead atoms. The van der Waals surface area contributed by atoms with Crippen molar-refractivity contribution in [3.05, 3.63) is 93.6 Å². The zero-order chi connectivity index (χ0) is 22.2. The largest absolute Gasteiger partial charge is 0.497 e. The Morgan fingerprint density at radius 1 is 1.09 bits per heavy atom. The van der Waals surface area contributed by atoms with E-state index in [1.165, 1.54) is 11.1 Å². The highest BCUT2D eigenvalue weighted by molar-refractivity contribution is 9.10. The lowest BCUT2D eigenvalue weighted by Gasteiger charge is -2.36. The molecule has 1 aliphatic rings. The molecule has 0 saturated carbocycles. The van der Waals surface area contributed by atoms with Crippen LogP contribution >= 0.6 is 15.9 Å². The third-order valence-electron chi connectivity index (χ3n) is 6.08. The van der Waals surface area contributed by atoms with Gasteiger partial charge in [-0.1, -0.05) is 45.8 Å². The normalized spacial score (nSPS) is 15.5. The van der Waals surface area contributed by atoms with Crippen molar-refractivity contribution in [3.63, 3.8) is 0 Å². The molecule has 6 heteroatoms. The van der Waals surface area contributed by atoms with Gasteiger partial charge in [-0.25, -0.2) is 4.79 Å². The van der Waals surface area contributed by atoms with E-state index in [1.54, 1.807) is 7.11 Å². The second-order valence-corrected chi connectivity index (χ2v) is 9.04.